The van der Waals surface area contributed by atoms with Crippen LogP contribution in [0.4, 0.5) is 10.1 Å². The van der Waals surface area contributed by atoms with Crippen molar-refractivity contribution in [2.75, 3.05) is 27.2 Å². The molecule has 0 unspecified atom stereocenters. The number of aromatic nitrogens is 2. The van der Waals surface area contributed by atoms with Crippen molar-refractivity contribution in [3.8, 4) is 27.8 Å². The van der Waals surface area contributed by atoms with Crippen LogP contribution < -0.4 is 9.47 Å². The fraction of sp³-hybridized carbons (Fsp3) is 0.217. The van der Waals surface area contributed by atoms with Crippen LogP contribution in [-0.2, 0) is 0 Å². The van der Waals surface area contributed by atoms with Gasteiger partial charge in [-0.1, -0.05) is 0 Å². The van der Waals surface area contributed by atoms with Gasteiger partial charge in [0.05, 0.1) is 16.8 Å². The van der Waals surface area contributed by atoms with Crippen molar-refractivity contribution in [1.82, 2.24) is 14.9 Å². The highest BCUT2D eigenvalue weighted by molar-refractivity contribution is 7.22. The summed E-state index contributed by atoms with van der Waals surface area (Å²) in [6.07, 6.45) is 4.30. The van der Waals surface area contributed by atoms with Crippen LogP contribution in [-0.4, -0.2) is 42.1 Å². The van der Waals surface area contributed by atoms with E-state index in [-0.39, 0.29) is 11.4 Å². The second-order valence-corrected chi connectivity index (χ2v) is 8.38. The summed E-state index contributed by atoms with van der Waals surface area (Å²) in [7, 11) is 4.06. The molecule has 164 valence electrons. The summed E-state index contributed by atoms with van der Waals surface area (Å²) in [5, 5.41) is 2.73. The van der Waals surface area contributed by atoms with Gasteiger partial charge in [-0.25, -0.2) is 9.37 Å². The number of ether oxygens (including phenoxy) is 2. The molecule has 32 heavy (non-hydrogen) atoms. The van der Waals surface area contributed by atoms with Gasteiger partial charge in [-0.2, -0.15) is 0 Å². The lowest BCUT2D eigenvalue weighted by Crippen LogP contribution is -2.15. The predicted octanol–water partition coefficient (Wildman–Crippen LogP) is 6.02. The molecule has 0 aliphatic carbocycles. The number of rotatable bonds is 9. The maximum atomic E-state index is 14.2. The number of fused-ring (bicyclic) bond motifs is 1. The van der Waals surface area contributed by atoms with E-state index in [0.29, 0.717) is 18.2 Å². The number of thiophene rings is 1. The minimum atomic E-state index is -0.658. The van der Waals surface area contributed by atoms with Gasteiger partial charge >= 0.3 is 0 Å². The highest BCUT2D eigenvalue weighted by Gasteiger charge is 2.13. The zero-order valence-corrected chi connectivity index (χ0v) is 18.4. The zero-order valence-electron chi connectivity index (χ0n) is 17.6. The Hall–Kier alpha value is -3.43. The third kappa shape index (κ3) is 5.06. The lowest BCUT2D eigenvalue weighted by molar-refractivity contribution is 0.273. The van der Waals surface area contributed by atoms with Crippen LogP contribution in [0.1, 0.15) is 6.42 Å². The Balaban J connectivity index is 1.52. The van der Waals surface area contributed by atoms with Crippen molar-refractivity contribution < 1.29 is 13.9 Å². The van der Waals surface area contributed by atoms with Gasteiger partial charge in [-0.05, 0) is 50.0 Å². The first-order chi connectivity index (χ1) is 15.5. The average Bonchev–Trinajstić information content (AvgIpc) is 3.24. The Bertz CT molecular complexity index is 1230. The van der Waals surface area contributed by atoms with Gasteiger partial charge in [0.25, 0.3) is 0 Å². The van der Waals surface area contributed by atoms with Crippen molar-refractivity contribution in [3.63, 3.8) is 0 Å². The Morgan fingerprint density at radius 2 is 1.97 bits per heavy atom. The van der Waals surface area contributed by atoms with Crippen LogP contribution in [0.25, 0.3) is 20.7 Å². The number of halogens is 1. The smallest absolute Gasteiger partial charge is 0.213 e. The largest absolute Gasteiger partial charge is 0.478 e. The number of benzene rings is 1. The molecular formula is C23H21FN4O3S. The Kier molecular flexibility index (Phi) is 6.67. The number of hydrogen-bond acceptors (Lipinski definition) is 8. The van der Waals surface area contributed by atoms with Crippen LogP contribution in [0.5, 0.6) is 17.4 Å². The molecule has 0 N–H and O–H groups in total. The van der Waals surface area contributed by atoms with Crippen LogP contribution in [0.2, 0.25) is 0 Å². The van der Waals surface area contributed by atoms with Crippen LogP contribution >= 0.6 is 11.3 Å². The van der Waals surface area contributed by atoms with Crippen LogP contribution in [0, 0.1) is 10.7 Å². The first-order valence-corrected chi connectivity index (χ1v) is 10.8. The first-order valence-electron chi connectivity index (χ1n) is 9.97. The summed E-state index contributed by atoms with van der Waals surface area (Å²) in [5.74, 6) is 0.414. The standard InChI is InChI=1S/C23H21FN4O3S/c1-28(2)10-3-11-30-22-7-4-15(14-26-22)21-13-18-23(32-21)20(8-9-25-18)31-19-6-5-16(27-29)12-17(19)24/h4-9,12-14H,3,10-11H2,1-2H3. The molecule has 0 fully saturated rings. The second-order valence-electron chi connectivity index (χ2n) is 7.33. The lowest BCUT2D eigenvalue weighted by atomic mass is 10.2. The van der Waals surface area contributed by atoms with Crippen molar-refractivity contribution in [3.05, 3.63) is 65.6 Å². The summed E-state index contributed by atoms with van der Waals surface area (Å²) in [6.45, 7) is 1.57. The number of nitrogens with zero attached hydrogens (tertiary/aromatic N) is 4. The molecule has 0 radical (unpaired) electrons. The molecule has 1 aromatic carbocycles. The Morgan fingerprint density at radius 3 is 2.69 bits per heavy atom. The average molecular weight is 453 g/mol. The second kappa shape index (κ2) is 9.80. The normalized spacial score (nSPS) is 11.1. The monoisotopic (exact) mass is 452 g/mol. The van der Waals surface area contributed by atoms with Crippen molar-refractivity contribution in [1.29, 1.82) is 0 Å². The molecule has 9 heteroatoms. The molecule has 7 nitrogen and oxygen atoms in total. The van der Waals surface area contributed by atoms with Gasteiger partial charge in [0.15, 0.2) is 11.6 Å². The fourth-order valence-electron chi connectivity index (χ4n) is 3.05. The Labute approximate surface area is 188 Å². The van der Waals surface area contributed by atoms with Gasteiger partial charge in [0, 0.05) is 47.6 Å². The lowest BCUT2D eigenvalue weighted by Gasteiger charge is -2.09. The summed E-state index contributed by atoms with van der Waals surface area (Å²) in [6, 6.07) is 11.2. The van der Waals surface area contributed by atoms with E-state index in [0.717, 1.165) is 39.7 Å². The quantitative estimate of drug-likeness (QED) is 0.228. The van der Waals surface area contributed by atoms with E-state index in [9.17, 15) is 9.30 Å². The summed E-state index contributed by atoms with van der Waals surface area (Å²) < 4.78 is 26.5. The summed E-state index contributed by atoms with van der Waals surface area (Å²) in [5.41, 5.74) is 1.66. The highest BCUT2D eigenvalue weighted by atomic mass is 32.1. The molecule has 3 aromatic heterocycles. The van der Waals surface area contributed by atoms with Gasteiger partial charge in [0.1, 0.15) is 11.4 Å². The van der Waals surface area contributed by atoms with Crippen molar-refractivity contribution in [2.45, 2.75) is 6.42 Å². The fourth-order valence-corrected chi connectivity index (χ4v) is 4.11. The zero-order chi connectivity index (χ0) is 22.5. The number of pyridine rings is 2. The molecule has 0 saturated carbocycles. The minimum Gasteiger partial charge on any atom is -0.478 e. The number of nitroso groups, excluding NO2 is 1. The molecule has 0 spiro atoms. The first kappa shape index (κ1) is 21.8. The van der Waals surface area contributed by atoms with Gasteiger partial charge in [-0.15, -0.1) is 16.2 Å². The van der Waals surface area contributed by atoms with E-state index < -0.39 is 5.82 Å². The third-order valence-corrected chi connectivity index (χ3v) is 5.82. The van der Waals surface area contributed by atoms with Crippen molar-refractivity contribution in [2.24, 2.45) is 5.18 Å². The molecule has 4 rings (SSSR count). The minimum absolute atomic E-state index is 0.00533. The maximum Gasteiger partial charge on any atom is 0.213 e. The maximum absolute atomic E-state index is 14.2. The van der Waals surface area contributed by atoms with Crippen molar-refractivity contribution >= 4 is 27.2 Å². The molecule has 0 atom stereocenters. The molecule has 4 aromatic rings. The number of hydrogen-bond donors (Lipinski definition) is 0. The highest BCUT2D eigenvalue weighted by Crippen LogP contribution is 2.39. The molecular weight excluding hydrogens is 431 g/mol. The SMILES string of the molecule is CN(C)CCCOc1ccc(-c2cc3nccc(Oc4ccc(N=O)cc4F)c3s2)cn1. The molecule has 0 amide bonds. The molecule has 0 bridgehead atoms. The molecule has 0 saturated heterocycles. The molecule has 0 aliphatic rings. The van der Waals surface area contributed by atoms with Gasteiger partial charge in [-0.3, -0.25) is 4.98 Å². The van der Waals surface area contributed by atoms with Gasteiger partial charge in [0.2, 0.25) is 5.88 Å². The van der Waals surface area contributed by atoms with E-state index in [1.807, 2.05) is 32.3 Å². The summed E-state index contributed by atoms with van der Waals surface area (Å²) >= 11 is 1.48. The Morgan fingerprint density at radius 1 is 1.09 bits per heavy atom. The molecule has 0 aliphatic heterocycles. The third-order valence-electron chi connectivity index (χ3n) is 4.64. The van der Waals surface area contributed by atoms with E-state index in [2.05, 4.69) is 20.0 Å². The van der Waals surface area contributed by atoms with Gasteiger partial charge < -0.3 is 14.4 Å². The van der Waals surface area contributed by atoms with Crippen LogP contribution in [0.15, 0.2) is 60.0 Å². The summed E-state index contributed by atoms with van der Waals surface area (Å²) in [4.78, 5) is 22.4. The molecule has 3 heterocycles. The van der Waals surface area contributed by atoms with Crippen LogP contribution in [0.3, 0.4) is 0 Å². The van der Waals surface area contributed by atoms with E-state index in [1.165, 1.54) is 23.5 Å². The predicted molar refractivity (Wildman–Crippen MR) is 123 cm³/mol. The van der Waals surface area contributed by atoms with E-state index in [4.69, 9.17) is 9.47 Å². The van der Waals surface area contributed by atoms with E-state index in [1.54, 1.807) is 18.5 Å². The topological polar surface area (TPSA) is 76.9 Å². The van der Waals surface area contributed by atoms with E-state index >= 15 is 0 Å².